The van der Waals surface area contributed by atoms with Crippen molar-refractivity contribution in [1.82, 2.24) is 0 Å². The van der Waals surface area contributed by atoms with Crippen molar-refractivity contribution in [3.63, 3.8) is 0 Å². The predicted octanol–water partition coefficient (Wildman–Crippen LogP) is 3.42. The fraction of sp³-hybridized carbons (Fsp3) is 0.667. The molecule has 76 valence electrons. The lowest BCUT2D eigenvalue weighted by Crippen LogP contribution is -2.18. The van der Waals surface area contributed by atoms with E-state index < -0.39 is 0 Å². The zero-order valence-corrected chi connectivity index (χ0v) is 9.27. The molecule has 0 aromatic rings. The normalized spacial score (nSPS) is 14.3. The van der Waals surface area contributed by atoms with E-state index in [4.69, 9.17) is 5.73 Å². The molecule has 0 aliphatic carbocycles. The smallest absolute Gasteiger partial charge is 0.00736 e. The highest BCUT2D eigenvalue weighted by atomic mass is 14.6. The fourth-order valence-corrected chi connectivity index (χ4v) is 1.09. The van der Waals surface area contributed by atoms with Crippen LogP contribution in [0.15, 0.2) is 23.8 Å². The lowest BCUT2D eigenvalue weighted by Gasteiger charge is -2.08. The average Bonchev–Trinajstić information content (AvgIpc) is 2.10. The molecule has 1 nitrogen and oxygen atoms in total. The molecule has 13 heavy (non-hydrogen) atoms. The van der Waals surface area contributed by atoms with Crippen LogP contribution in [0.2, 0.25) is 0 Å². The van der Waals surface area contributed by atoms with Gasteiger partial charge in [-0.05, 0) is 26.7 Å². The van der Waals surface area contributed by atoms with Crippen molar-refractivity contribution in [1.29, 1.82) is 0 Å². The molecular formula is C12H23N. The minimum atomic E-state index is 0.328. The monoisotopic (exact) mass is 181 g/mol. The summed E-state index contributed by atoms with van der Waals surface area (Å²) in [6, 6.07) is 0.328. The molecule has 1 heteroatoms. The van der Waals surface area contributed by atoms with Crippen LogP contribution in [-0.2, 0) is 0 Å². The van der Waals surface area contributed by atoms with E-state index in [1.54, 1.807) is 0 Å². The summed E-state index contributed by atoms with van der Waals surface area (Å²) in [5, 5.41) is 0. The Balaban J connectivity index is 3.73. The molecule has 0 radical (unpaired) electrons. The third-order valence-electron chi connectivity index (χ3n) is 2.33. The molecule has 1 unspecified atom stereocenters. The number of hydrogen-bond donors (Lipinski definition) is 1. The van der Waals surface area contributed by atoms with Crippen molar-refractivity contribution in [2.75, 3.05) is 0 Å². The van der Waals surface area contributed by atoms with Gasteiger partial charge in [0.25, 0.3) is 0 Å². The van der Waals surface area contributed by atoms with Gasteiger partial charge in [-0.15, -0.1) is 0 Å². The molecule has 0 rings (SSSR count). The summed E-state index contributed by atoms with van der Waals surface area (Å²) in [7, 11) is 0. The Morgan fingerprint density at radius 1 is 1.46 bits per heavy atom. The van der Waals surface area contributed by atoms with E-state index in [-0.39, 0.29) is 0 Å². The number of unbranched alkanes of at least 4 members (excludes halogenated alkanes) is 1. The first-order valence-corrected chi connectivity index (χ1v) is 5.16. The molecule has 0 heterocycles. The second-order valence-electron chi connectivity index (χ2n) is 3.81. The summed E-state index contributed by atoms with van der Waals surface area (Å²) in [6.45, 7) is 10.2. The van der Waals surface area contributed by atoms with E-state index in [0.29, 0.717) is 6.04 Å². The van der Waals surface area contributed by atoms with Crippen LogP contribution in [0, 0.1) is 0 Å². The van der Waals surface area contributed by atoms with Gasteiger partial charge in [-0.3, -0.25) is 0 Å². The lowest BCUT2D eigenvalue weighted by molar-refractivity contribution is 0.581. The third kappa shape index (κ3) is 6.59. The minimum Gasteiger partial charge on any atom is -0.327 e. The van der Waals surface area contributed by atoms with Crippen LogP contribution in [-0.4, -0.2) is 6.04 Å². The van der Waals surface area contributed by atoms with Crippen molar-refractivity contribution >= 4 is 0 Å². The van der Waals surface area contributed by atoms with E-state index >= 15 is 0 Å². The predicted molar refractivity (Wildman–Crippen MR) is 60.7 cm³/mol. The summed E-state index contributed by atoms with van der Waals surface area (Å²) < 4.78 is 0. The Bertz CT molecular complexity index is 180. The quantitative estimate of drug-likeness (QED) is 0.624. The molecule has 0 saturated carbocycles. The zero-order valence-electron chi connectivity index (χ0n) is 9.27. The molecule has 0 amide bonds. The fourth-order valence-electron chi connectivity index (χ4n) is 1.09. The summed E-state index contributed by atoms with van der Waals surface area (Å²) in [6.07, 6.45) is 6.79. The van der Waals surface area contributed by atoms with Gasteiger partial charge in [0, 0.05) is 6.04 Å². The van der Waals surface area contributed by atoms with Gasteiger partial charge in [-0.1, -0.05) is 43.6 Å². The lowest BCUT2D eigenvalue weighted by atomic mass is 10.0. The van der Waals surface area contributed by atoms with Crippen LogP contribution in [0.25, 0.3) is 0 Å². The second kappa shape index (κ2) is 6.90. The minimum absolute atomic E-state index is 0.328. The highest BCUT2D eigenvalue weighted by Crippen LogP contribution is 2.09. The van der Waals surface area contributed by atoms with E-state index in [2.05, 4.69) is 26.5 Å². The van der Waals surface area contributed by atoms with Crippen LogP contribution in [0.4, 0.5) is 0 Å². The standard InChI is InChI=1S/C12H23N/c1-5-6-7-12(13)9-8-11(4)10(2)3/h8,12H,2,5-7,9,13H2,1,3-4H3/b11-8-. The number of rotatable bonds is 6. The maximum Gasteiger partial charge on any atom is 0.00736 e. The maximum atomic E-state index is 5.93. The second-order valence-corrected chi connectivity index (χ2v) is 3.81. The molecule has 0 aromatic carbocycles. The van der Waals surface area contributed by atoms with Gasteiger partial charge in [0.05, 0.1) is 0 Å². The van der Waals surface area contributed by atoms with Gasteiger partial charge < -0.3 is 5.73 Å². The molecule has 0 bridgehead atoms. The van der Waals surface area contributed by atoms with Gasteiger partial charge >= 0.3 is 0 Å². The average molecular weight is 181 g/mol. The molecule has 1 atom stereocenters. The first kappa shape index (κ1) is 12.4. The molecule has 0 fully saturated rings. The van der Waals surface area contributed by atoms with Crippen LogP contribution in [0.3, 0.4) is 0 Å². The molecule has 0 saturated heterocycles. The summed E-state index contributed by atoms with van der Waals surface area (Å²) in [5.74, 6) is 0. The third-order valence-corrected chi connectivity index (χ3v) is 2.33. The van der Waals surface area contributed by atoms with Gasteiger partial charge in [0.15, 0.2) is 0 Å². The first-order valence-electron chi connectivity index (χ1n) is 5.16. The van der Waals surface area contributed by atoms with Crippen molar-refractivity contribution in [2.24, 2.45) is 5.73 Å². The van der Waals surface area contributed by atoms with Crippen LogP contribution >= 0.6 is 0 Å². The van der Waals surface area contributed by atoms with Crippen molar-refractivity contribution in [2.45, 2.75) is 52.5 Å². The van der Waals surface area contributed by atoms with Crippen molar-refractivity contribution in [3.8, 4) is 0 Å². The molecule has 0 aliphatic heterocycles. The molecule has 0 aliphatic rings. The largest absolute Gasteiger partial charge is 0.327 e. The van der Waals surface area contributed by atoms with E-state index in [0.717, 1.165) is 18.4 Å². The summed E-state index contributed by atoms with van der Waals surface area (Å²) in [4.78, 5) is 0. The van der Waals surface area contributed by atoms with Gasteiger partial charge in [0.1, 0.15) is 0 Å². The molecule has 0 spiro atoms. The molecule has 0 aromatic heterocycles. The summed E-state index contributed by atoms with van der Waals surface area (Å²) >= 11 is 0. The number of allylic oxidation sites excluding steroid dienone is 2. The Morgan fingerprint density at radius 2 is 2.08 bits per heavy atom. The Hall–Kier alpha value is -0.560. The molecular weight excluding hydrogens is 158 g/mol. The SMILES string of the molecule is C=C(C)/C(C)=C\CC(N)CCCC. The summed E-state index contributed by atoms with van der Waals surface area (Å²) in [5.41, 5.74) is 8.35. The van der Waals surface area contributed by atoms with Crippen LogP contribution < -0.4 is 5.73 Å². The van der Waals surface area contributed by atoms with Crippen molar-refractivity contribution < 1.29 is 0 Å². The maximum absolute atomic E-state index is 5.93. The Morgan fingerprint density at radius 3 is 2.54 bits per heavy atom. The Labute approximate surface area is 82.7 Å². The van der Waals surface area contributed by atoms with Crippen LogP contribution in [0.1, 0.15) is 46.5 Å². The van der Waals surface area contributed by atoms with E-state index in [9.17, 15) is 0 Å². The van der Waals surface area contributed by atoms with Gasteiger partial charge in [-0.2, -0.15) is 0 Å². The van der Waals surface area contributed by atoms with E-state index in [1.807, 2.05) is 6.92 Å². The van der Waals surface area contributed by atoms with Crippen molar-refractivity contribution in [3.05, 3.63) is 23.8 Å². The zero-order chi connectivity index (χ0) is 10.3. The van der Waals surface area contributed by atoms with Gasteiger partial charge in [-0.25, -0.2) is 0 Å². The highest BCUT2D eigenvalue weighted by Gasteiger charge is 1.99. The number of nitrogens with two attached hydrogens (primary N) is 1. The van der Waals surface area contributed by atoms with Gasteiger partial charge in [0.2, 0.25) is 0 Å². The topological polar surface area (TPSA) is 26.0 Å². The molecule has 2 N–H and O–H groups in total. The number of hydrogen-bond acceptors (Lipinski definition) is 1. The highest BCUT2D eigenvalue weighted by molar-refractivity contribution is 5.23. The first-order chi connectivity index (χ1) is 6.07. The Kier molecular flexibility index (Phi) is 6.61. The van der Waals surface area contributed by atoms with Crippen LogP contribution in [0.5, 0.6) is 0 Å². The van der Waals surface area contributed by atoms with E-state index in [1.165, 1.54) is 18.4 Å².